The summed E-state index contributed by atoms with van der Waals surface area (Å²) in [7, 11) is 4.84. The monoisotopic (exact) mass is 815 g/mol. The predicted octanol–water partition coefficient (Wildman–Crippen LogP) is 3.57. The van der Waals surface area contributed by atoms with Gasteiger partial charge >= 0.3 is 5.97 Å². The van der Waals surface area contributed by atoms with E-state index in [2.05, 4.69) is 20.9 Å². The molecule has 1 aromatic carbocycles. The molecule has 0 spiro atoms. The summed E-state index contributed by atoms with van der Waals surface area (Å²) in [5.41, 5.74) is 1.06. The lowest BCUT2D eigenvalue weighted by molar-refractivity contribution is -0.148. The Balaban J connectivity index is 1.76. The van der Waals surface area contributed by atoms with Crippen LogP contribution < -0.4 is 16.0 Å². The predicted molar refractivity (Wildman–Crippen MR) is 225 cm³/mol. The summed E-state index contributed by atoms with van der Waals surface area (Å²) in [5.74, 6) is -2.70. The van der Waals surface area contributed by atoms with Gasteiger partial charge in [0.15, 0.2) is 0 Å². The quantitative estimate of drug-likeness (QED) is 0.128. The first kappa shape index (κ1) is 48.8. The molecule has 2 aliphatic heterocycles. The van der Waals surface area contributed by atoms with E-state index < -0.39 is 42.2 Å². The molecular weight excluding hydrogens is 741 g/mol. The fraction of sp³-hybridized carbons (Fsp3) is 0.750. The molecule has 0 radical (unpaired) electrons. The number of piperazine rings is 1. The van der Waals surface area contributed by atoms with Crippen molar-refractivity contribution in [1.82, 2.24) is 30.7 Å². The van der Waals surface area contributed by atoms with Crippen LogP contribution in [-0.4, -0.2) is 146 Å². The zero-order valence-electron chi connectivity index (χ0n) is 36.9. The van der Waals surface area contributed by atoms with E-state index in [1.54, 1.807) is 30.9 Å². The average Bonchev–Trinajstić information content (AvgIpc) is 3.68. The number of ether oxygens (including phenoxy) is 2. The number of nitrogens with zero attached hydrogens (tertiary/aromatic N) is 3. The third-order valence-electron chi connectivity index (χ3n) is 12.3. The van der Waals surface area contributed by atoms with Gasteiger partial charge in [0.25, 0.3) is 0 Å². The number of carboxylic acids is 1. The molecule has 3 rings (SSSR count). The van der Waals surface area contributed by atoms with Gasteiger partial charge in [0.2, 0.25) is 23.6 Å². The molecule has 4 amide bonds. The summed E-state index contributed by atoms with van der Waals surface area (Å²) in [6, 6.07) is 7.18. The first-order valence-corrected chi connectivity index (χ1v) is 21.5. The van der Waals surface area contributed by atoms with Crippen LogP contribution in [0, 0.1) is 23.7 Å². The molecule has 0 bridgehead atoms. The second-order valence-electron chi connectivity index (χ2n) is 17.1. The Hall–Kier alpha value is -3.59. The summed E-state index contributed by atoms with van der Waals surface area (Å²) in [6.45, 7) is 17.4. The zero-order chi connectivity index (χ0) is 43.1. The Labute approximate surface area is 347 Å². The maximum absolute atomic E-state index is 14.4. The van der Waals surface area contributed by atoms with E-state index in [1.165, 1.54) is 7.11 Å². The van der Waals surface area contributed by atoms with Gasteiger partial charge in [-0.1, -0.05) is 85.2 Å². The minimum Gasteiger partial charge on any atom is -0.481 e. The summed E-state index contributed by atoms with van der Waals surface area (Å²) in [4.78, 5) is 73.6. The summed E-state index contributed by atoms with van der Waals surface area (Å²) >= 11 is 0. The van der Waals surface area contributed by atoms with E-state index in [9.17, 15) is 29.1 Å². The topological polar surface area (TPSA) is 170 Å². The second-order valence-corrected chi connectivity index (χ2v) is 17.1. The molecule has 2 heterocycles. The van der Waals surface area contributed by atoms with Crippen LogP contribution in [0.4, 0.5) is 0 Å². The number of nitrogens with one attached hydrogen (secondary N) is 3. The van der Waals surface area contributed by atoms with Crippen LogP contribution in [0.15, 0.2) is 30.3 Å². The van der Waals surface area contributed by atoms with Gasteiger partial charge in [0, 0.05) is 60.0 Å². The van der Waals surface area contributed by atoms with Crippen molar-refractivity contribution in [2.75, 3.05) is 54.0 Å². The molecule has 0 saturated carbocycles. The van der Waals surface area contributed by atoms with Crippen LogP contribution in [0.5, 0.6) is 0 Å². The molecule has 9 atom stereocenters. The number of amides is 4. The Kier molecular flexibility index (Phi) is 20.1. The Morgan fingerprint density at radius 1 is 0.897 bits per heavy atom. The molecular formula is C44H74N6O8. The molecule has 58 heavy (non-hydrogen) atoms. The SMILES string of the molecule is CC[C@H](C)[C@@H](C(CC(=O)N1CCC[C@H]1[C@H](OC)[C@@H](C)C(=O)N[C@@H](CCc1ccccc1)CC(=O)O)OC)N(C)C(=O)[C@@H](NC(=O)[C@H](C(C)C)N1CCNCC1)C(C)C. The van der Waals surface area contributed by atoms with Crippen LogP contribution in [0.1, 0.15) is 92.6 Å². The number of likely N-dealkylation sites (tertiary alicyclic amines) is 1. The lowest BCUT2D eigenvalue weighted by Crippen LogP contribution is -2.61. The smallest absolute Gasteiger partial charge is 0.305 e. The van der Waals surface area contributed by atoms with Gasteiger partial charge in [0.05, 0.1) is 49.1 Å². The number of carboxylic acid groups (broad SMARTS) is 1. The zero-order valence-corrected chi connectivity index (χ0v) is 36.9. The lowest BCUT2D eigenvalue weighted by atomic mass is 9.89. The molecule has 1 unspecified atom stereocenters. The number of hydrogen-bond acceptors (Lipinski definition) is 9. The van der Waals surface area contributed by atoms with Crippen LogP contribution in [0.2, 0.25) is 0 Å². The molecule has 14 heteroatoms. The first-order chi connectivity index (χ1) is 27.6. The maximum atomic E-state index is 14.4. The number of methoxy groups -OCH3 is 2. The molecule has 328 valence electrons. The third-order valence-corrected chi connectivity index (χ3v) is 12.3. The lowest BCUT2D eigenvalue weighted by Gasteiger charge is -2.41. The number of carbonyl (C=O) groups excluding carboxylic acids is 4. The minimum atomic E-state index is -0.993. The molecule has 1 aromatic rings. The van der Waals surface area contributed by atoms with Gasteiger partial charge in [0.1, 0.15) is 6.04 Å². The van der Waals surface area contributed by atoms with Gasteiger partial charge in [-0.2, -0.15) is 0 Å². The molecule has 4 N–H and O–H groups in total. The minimum absolute atomic E-state index is 0.00787. The van der Waals surface area contributed by atoms with Gasteiger partial charge in [-0.3, -0.25) is 28.9 Å². The number of rotatable bonds is 23. The van der Waals surface area contributed by atoms with Crippen LogP contribution in [0.3, 0.4) is 0 Å². The van der Waals surface area contributed by atoms with Gasteiger partial charge < -0.3 is 40.3 Å². The molecule has 0 aliphatic carbocycles. The maximum Gasteiger partial charge on any atom is 0.305 e. The standard InChI is InChI=1S/C44H74N6O8/c1-11-30(6)40(48(8)44(56)38(28(2)3)47-43(55)39(29(4)5)49-24-21-45-22-25-49)35(57-9)27-36(51)50-23-15-18-34(50)41(58-10)31(7)42(54)46-33(26-37(52)53)20-19-32-16-13-12-14-17-32/h12-14,16-17,28-31,33-35,38-41,45H,11,15,18-27H2,1-10H3,(H,46,54)(H,47,55)(H,52,53)/t30-,31+,33-,34-,35?,38-,39-,40-,41+/m0/s1. The largest absolute Gasteiger partial charge is 0.481 e. The number of aliphatic carboxylic acids is 1. The molecule has 2 saturated heterocycles. The van der Waals surface area contributed by atoms with Crippen molar-refractivity contribution >= 4 is 29.6 Å². The van der Waals surface area contributed by atoms with E-state index in [1.807, 2.05) is 71.9 Å². The van der Waals surface area contributed by atoms with Crippen LogP contribution in [0.25, 0.3) is 0 Å². The summed E-state index contributed by atoms with van der Waals surface area (Å²) < 4.78 is 12.0. The van der Waals surface area contributed by atoms with E-state index in [-0.39, 0.29) is 66.3 Å². The number of benzene rings is 1. The van der Waals surface area contributed by atoms with E-state index >= 15 is 0 Å². The van der Waals surface area contributed by atoms with E-state index in [0.29, 0.717) is 25.8 Å². The fourth-order valence-corrected chi connectivity index (χ4v) is 8.88. The van der Waals surface area contributed by atoms with Crippen molar-refractivity contribution in [2.45, 2.75) is 136 Å². The first-order valence-electron chi connectivity index (χ1n) is 21.5. The Morgan fingerprint density at radius 2 is 1.55 bits per heavy atom. The van der Waals surface area contributed by atoms with Gasteiger partial charge in [-0.25, -0.2) is 0 Å². The second kappa shape index (κ2) is 23.9. The molecule has 2 aliphatic rings. The van der Waals surface area contributed by atoms with Crippen LogP contribution >= 0.6 is 0 Å². The normalized spacial score (nSPS) is 20.4. The number of aryl methyl sites for hydroxylation is 1. The molecule has 2 fully saturated rings. The highest BCUT2D eigenvalue weighted by molar-refractivity contribution is 5.90. The van der Waals surface area contributed by atoms with Gasteiger partial charge in [-0.05, 0) is 49.0 Å². The highest BCUT2D eigenvalue weighted by atomic mass is 16.5. The Bertz CT molecular complexity index is 1460. The summed E-state index contributed by atoms with van der Waals surface area (Å²) in [5, 5.41) is 19.0. The molecule has 14 nitrogen and oxygen atoms in total. The van der Waals surface area contributed by atoms with Crippen molar-refractivity contribution in [1.29, 1.82) is 0 Å². The molecule has 0 aromatic heterocycles. The highest BCUT2D eigenvalue weighted by Crippen LogP contribution is 2.30. The van der Waals surface area contributed by atoms with E-state index in [0.717, 1.165) is 44.6 Å². The average molecular weight is 815 g/mol. The van der Waals surface area contributed by atoms with Gasteiger partial charge in [-0.15, -0.1) is 0 Å². The van der Waals surface area contributed by atoms with Crippen molar-refractivity contribution in [3.8, 4) is 0 Å². The van der Waals surface area contributed by atoms with Crippen molar-refractivity contribution in [3.63, 3.8) is 0 Å². The van der Waals surface area contributed by atoms with Crippen molar-refractivity contribution in [2.24, 2.45) is 23.7 Å². The number of likely N-dealkylation sites (N-methyl/N-ethyl adjacent to an activating group) is 1. The van der Waals surface area contributed by atoms with Crippen molar-refractivity contribution in [3.05, 3.63) is 35.9 Å². The van der Waals surface area contributed by atoms with E-state index in [4.69, 9.17) is 9.47 Å². The van der Waals surface area contributed by atoms with Crippen LogP contribution in [-0.2, 0) is 39.9 Å². The fourth-order valence-electron chi connectivity index (χ4n) is 8.88. The third kappa shape index (κ3) is 13.5. The Morgan fingerprint density at radius 3 is 2.10 bits per heavy atom. The number of carbonyl (C=O) groups is 5. The summed E-state index contributed by atoms with van der Waals surface area (Å²) in [6.07, 6.45) is 1.71. The highest BCUT2D eigenvalue weighted by Gasteiger charge is 2.43. The van der Waals surface area contributed by atoms with Crippen molar-refractivity contribution < 1.29 is 38.6 Å². The number of hydrogen-bond donors (Lipinski definition) is 4.